The van der Waals surface area contributed by atoms with Crippen LogP contribution < -0.4 is 0 Å². The summed E-state index contributed by atoms with van der Waals surface area (Å²) in [5.41, 5.74) is 0.620. The van der Waals surface area contributed by atoms with Crippen LogP contribution in [0, 0.1) is 3.57 Å². The van der Waals surface area contributed by atoms with E-state index >= 15 is 0 Å². The van der Waals surface area contributed by atoms with Gasteiger partial charge in [0.25, 0.3) is 0 Å². The number of hydrogen-bond acceptors (Lipinski definition) is 3. The lowest BCUT2D eigenvalue weighted by Gasteiger charge is -2.07. The maximum absolute atomic E-state index is 11.9. The second-order valence-electron chi connectivity index (χ2n) is 3.92. The average molecular weight is 463 g/mol. The van der Waals surface area contributed by atoms with Crippen LogP contribution in [-0.2, 0) is 4.74 Å². The van der Waals surface area contributed by atoms with E-state index in [4.69, 9.17) is 4.74 Å². The van der Waals surface area contributed by atoms with Crippen molar-refractivity contribution >= 4 is 56.3 Å². The number of ether oxygens (including phenoxy) is 1. The van der Waals surface area contributed by atoms with Crippen LogP contribution in [0.25, 0.3) is 0 Å². The van der Waals surface area contributed by atoms with Crippen LogP contribution >= 0.6 is 50.3 Å². The van der Waals surface area contributed by atoms with Crippen molar-refractivity contribution in [1.82, 2.24) is 0 Å². The first-order valence-electron chi connectivity index (χ1n) is 6.00. The van der Waals surface area contributed by atoms with Crippen molar-refractivity contribution in [2.45, 2.75) is 16.7 Å². The summed E-state index contributed by atoms with van der Waals surface area (Å²) in [4.78, 5) is 14.0. The monoisotopic (exact) mass is 462 g/mol. The molecule has 0 aliphatic heterocycles. The van der Waals surface area contributed by atoms with Gasteiger partial charge >= 0.3 is 5.97 Å². The lowest BCUT2D eigenvalue weighted by molar-refractivity contribution is 0.0525. The van der Waals surface area contributed by atoms with Gasteiger partial charge in [0.15, 0.2) is 0 Å². The third-order valence-corrected chi connectivity index (χ3v) is 4.95. The summed E-state index contributed by atoms with van der Waals surface area (Å²) in [5.74, 6) is -0.268. The molecule has 0 atom stereocenters. The minimum Gasteiger partial charge on any atom is -0.462 e. The topological polar surface area (TPSA) is 26.3 Å². The van der Waals surface area contributed by atoms with E-state index in [1.807, 2.05) is 49.4 Å². The number of benzene rings is 2. The smallest absolute Gasteiger partial charge is 0.339 e. The number of esters is 1. The number of halogens is 2. The van der Waals surface area contributed by atoms with Crippen molar-refractivity contribution < 1.29 is 9.53 Å². The molecular formula is C15H12BrIO2S. The second kappa shape index (κ2) is 7.47. The standard InChI is InChI=1S/C15H12BrIO2S/c1-2-19-15(18)13-9-12(7-8-14(13)17)20-11-5-3-10(16)4-6-11/h3-9H,2H2,1H3. The zero-order valence-corrected chi connectivity index (χ0v) is 15.3. The molecule has 0 aliphatic rings. The Morgan fingerprint density at radius 1 is 1.20 bits per heavy atom. The van der Waals surface area contributed by atoms with E-state index < -0.39 is 0 Å². The maximum atomic E-state index is 11.9. The van der Waals surface area contributed by atoms with Gasteiger partial charge in [0.1, 0.15) is 0 Å². The van der Waals surface area contributed by atoms with Gasteiger partial charge in [0.2, 0.25) is 0 Å². The molecule has 0 aliphatic carbocycles. The van der Waals surface area contributed by atoms with Crippen LogP contribution in [0.1, 0.15) is 17.3 Å². The van der Waals surface area contributed by atoms with E-state index in [-0.39, 0.29) is 5.97 Å². The number of carbonyl (C=O) groups excluding carboxylic acids is 1. The molecule has 0 heterocycles. The Morgan fingerprint density at radius 3 is 2.50 bits per heavy atom. The molecule has 2 aromatic rings. The average Bonchev–Trinajstić information content (AvgIpc) is 2.43. The largest absolute Gasteiger partial charge is 0.462 e. The minimum atomic E-state index is -0.268. The Morgan fingerprint density at radius 2 is 1.85 bits per heavy atom. The Bertz CT molecular complexity index is 614. The van der Waals surface area contributed by atoms with Crippen molar-refractivity contribution in [3.8, 4) is 0 Å². The van der Waals surface area contributed by atoms with E-state index in [1.165, 1.54) is 0 Å². The predicted octanol–water partition coefficient (Wildman–Crippen LogP) is 5.38. The molecule has 0 amide bonds. The number of hydrogen-bond donors (Lipinski definition) is 0. The van der Waals surface area contributed by atoms with Crippen molar-refractivity contribution in [2.24, 2.45) is 0 Å². The van der Waals surface area contributed by atoms with E-state index in [0.29, 0.717) is 12.2 Å². The van der Waals surface area contributed by atoms with Gasteiger partial charge in [-0.1, -0.05) is 27.7 Å². The Hall–Kier alpha value is -0.530. The van der Waals surface area contributed by atoms with Crippen molar-refractivity contribution in [3.05, 3.63) is 56.1 Å². The lowest BCUT2D eigenvalue weighted by atomic mass is 10.2. The number of carbonyl (C=O) groups is 1. The van der Waals surface area contributed by atoms with Gasteiger partial charge in [0.05, 0.1) is 12.2 Å². The second-order valence-corrected chi connectivity index (χ2v) is 7.14. The van der Waals surface area contributed by atoms with Crippen molar-refractivity contribution in [3.63, 3.8) is 0 Å². The van der Waals surface area contributed by atoms with Crippen LogP contribution in [0.5, 0.6) is 0 Å². The molecule has 20 heavy (non-hydrogen) atoms. The van der Waals surface area contributed by atoms with Crippen LogP contribution in [-0.4, -0.2) is 12.6 Å². The third-order valence-electron chi connectivity index (χ3n) is 2.48. The molecule has 0 N–H and O–H groups in total. The zero-order chi connectivity index (χ0) is 14.5. The molecule has 0 fully saturated rings. The highest BCUT2D eigenvalue weighted by Crippen LogP contribution is 2.30. The van der Waals surface area contributed by atoms with Gasteiger partial charge in [0, 0.05) is 17.8 Å². The molecule has 0 saturated carbocycles. The summed E-state index contributed by atoms with van der Waals surface area (Å²) in [6.45, 7) is 2.20. The van der Waals surface area contributed by atoms with Crippen LogP contribution in [0.3, 0.4) is 0 Å². The minimum absolute atomic E-state index is 0.268. The first-order chi connectivity index (χ1) is 9.60. The lowest BCUT2D eigenvalue weighted by Crippen LogP contribution is -2.06. The molecule has 2 aromatic carbocycles. The first kappa shape index (κ1) is 15.9. The highest BCUT2D eigenvalue weighted by molar-refractivity contribution is 14.1. The summed E-state index contributed by atoms with van der Waals surface area (Å²) in [6, 6.07) is 13.9. The summed E-state index contributed by atoms with van der Waals surface area (Å²) in [7, 11) is 0. The molecular weight excluding hydrogens is 451 g/mol. The SMILES string of the molecule is CCOC(=O)c1cc(Sc2ccc(Br)cc2)ccc1I. The number of rotatable bonds is 4. The zero-order valence-electron chi connectivity index (χ0n) is 10.7. The van der Waals surface area contributed by atoms with Gasteiger partial charge in [-0.05, 0) is 72.0 Å². The van der Waals surface area contributed by atoms with Gasteiger partial charge in [-0.25, -0.2) is 4.79 Å². The van der Waals surface area contributed by atoms with Crippen LogP contribution in [0.4, 0.5) is 0 Å². The highest BCUT2D eigenvalue weighted by Gasteiger charge is 2.12. The summed E-state index contributed by atoms with van der Waals surface area (Å²) in [5, 5.41) is 0. The van der Waals surface area contributed by atoms with E-state index in [9.17, 15) is 4.79 Å². The molecule has 0 radical (unpaired) electrons. The molecule has 5 heteroatoms. The van der Waals surface area contributed by atoms with E-state index in [1.54, 1.807) is 11.8 Å². The van der Waals surface area contributed by atoms with Gasteiger partial charge < -0.3 is 4.74 Å². The molecule has 0 aromatic heterocycles. The fourth-order valence-corrected chi connectivity index (χ4v) is 3.25. The Labute approximate surface area is 144 Å². The van der Waals surface area contributed by atoms with E-state index in [0.717, 1.165) is 17.8 Å². The van der Waals surface area contributed by atoms with Crippen LogP contribution in [0.15, 0.2) is 56.7 Å². The van der Waals surface area contributed by atoms with Crippen LogP contribution in [0.2, 0.25) is 0 Å². The molecule has 0 saturated heterocycles. The quantitative estimate of drug-likeness (QED) is 0.450. The van der Waals surface area contributed by atoms with Gasteiger partial charge in [-0.15, -0.1) is 0 Å². The molecule has 0 unspecified atom stereocenters. The summed E-state index contributed by atoms with van der Waals surface area (Å²) < 4.78 is 7.03. The Balaban J connectivity index is 2.22. The van der Waals surface area contributed by atoms with Crippen molar-refractivity contribution in [2.75, 3.05) is 6.61 Å². The normalized spacial score (nSPS) is 10.3. The molecule has 0 bridgehead atoms. The van der Waals surface area contributed by atoms with E-state index in [2.05, 4.69) is 38.5 Å². The molecule has 0 spiro atoms. The van der Waals surface area contributed by atoms with Gasteiger partial charge in [-0.3, -0.25) is 0 Å². The molecule has 2 rings (SSSR count). The Kier molecular flexibility index (Phi) is 5.92. The first-order valence-corrected chi connectivity index (χ1v) is 8.69. The summed E-state index contributed by atoms with van der Waals surface area (Å²) >= 11 is 7.19. The predicted molar refractivity (Wildman–Crippen MR) is 93.4 cm³/mol. The molecule has 2 nitrogen and oxygen atoms in total. The highest BCUT2D eigenvalue weighted by atomic mass is 127. The maximum Gasteiger partial charge on any atom is 0.339 e. The molecule has 104 valence electrons. The van der Waals surface area contributed by atoms with Crippen molar-refractivity contribution in [1.29, 1.82) is 0 Å². The third kappa shape index (κ3) is 4.23. The fraction of sp³-hybridized carbons (Fsp3) is 0.133. The fourth-order valence-electron chi connectivity index (χ4n) is 1.57. The van der Waals surface area contributed by atoms with Gasteiger partial charge in [-0.2, -0.15) is 0 Å². The summed E-state index contributed by atoms with van der Waals surface area (Å²) in [6.07, 6.45) is 0.